The van der Waals surface area contributed by atoms with Gasteiger partial charge in [0.1, 0.15) is 12.6 Å². The van der Waals surface area contributed by atoms with E-state index in [1.807, 2.05) is 18.2 Å². The lowest BCUT2D eigenvalue weighted by molar-refractivity contribution is -0.161. The van der Waals surface area contributed by atoms with Gasteiger partial charge in [0.05, 0.1) is 13.2 Å². The van der Waals surface area contributed by atoms with Crippen molar-refractivity contribution in [3.63, 3.8) is 0 Å². The highest BCUT2D eigenvalue weighted by atomic mass is 31.2. The van der Waals surface area contributed by atoms with Gasteiger partial charge in [-0.3, -0.25) is 23.4 Å². The zero-order valence-electron chi connectivity index (χ0n) is 35.0. The molecule has 0 aliphatic carbocycles. The fourth-order valence-electron chi connectivity index (χ4n) is 5.73. The van der Waals surface area contributed by atoms with Crippen molar-refractivity contribution in [2.75, 3.05) is 19.8 Å². The van der Waals surface area contributed by atoms with E-state index in [4.69, 9.17) is 24.8 Å². The van der Waals surface area contributed by atoms with Gasteiger partial charge in [-0.05, 0) is 38.5 Å². The molecule has 0 amide bonds. The molecule has 0 aromatic heterocycles. The Kier molecular flexibility index (Phi) is 37.5. The van der Waals surface area contributed by atoms with Crippen molar-refractivity contribution in [3.05, 3.63) is 48.6 Å². The maximum Gasteiger partial charge on any atom is 0.472 e. The van der Waals surface area contributed by atoms with Crippen molar-refractivity contribution in [2.24, 2.45) is 5.73 Å². The van der Waals surface area contributed by atoms with Crippen molar-refractivity contribution in [3.8, 4) is 0 Å². The zero-order chi connectivity index (χ0) is 41.4. The SMILES string of the molecule is CC/C=C\C/C=C\C/C=C\C/C=C\CCC(=O)OC(COC(=O)CCCCCCCCCCCCCCCCCCCCC)COP(=O)(O)OCC(N)C(=O)O. The third-order valence-corrected chi connectivity index (χ3v) is 10.1. The van der Waals surface area contributed by atoms with Crippen LogP contribution in [0.25, 0.3) is 0 Å². The number of carboxylic acid groups (broad SMARTS) is 1. The molecule has 0 aliphatic rings. The van der Waals surface area contributed by atoms with Crippen molar-refractivity contribution >= 4 is 25.7 Å². The van der Waals surface area contributed by atoms with E-state index in [9.17, 15) is 23.8 Å². The lowest BCUT2D eigenvalue weighted by Gasteiger charge is -2.20. The molecule has 56 heavy (non-hydrogen) atoms. The number of hydrogen-bond donors (Lipinski definition) is 3. The molecule has 0 radical (unpaired) electrons. The number of allylic oxidation sites excluding steroid dienone is 8. The highest BCUT2D eigenvalue weighted by Crippen LogP contribution is 2.43. The van der Waals surface area contributed by atoms with E-state index in [1.54, 1.807) is 0 Å². The van der Waals surface area contributed by atoms with E-state index in [-0.39, 0.29) is 19.4 Å². The average molecular weight is 812 g/mol. The Balaban J connectivity index is 4.37. The van der Waals surface area contributed by atoms with Gasteiger partial charge >= 0.3 is 25.7 Å². The summed E-state index contributed by atoms with van der Waals surface area (Å²) in [4.78, 5) is 45.9. The van der Waals surface area contributed by atoms with Gasteiger partial charge in [-0.2, -0.15) is 0 Å². The maximum absolute atomic E-state index is 12.6. The molecule has 3 atom stereocenters. The van der Waals surface area contributed by atoms with E-state index in [1.165, 1.54) is 96.3 Å². The normalized spacial score (nSPS) is 14.2. The van der Waals surface area contributed by atoms with Gasteiger partial charge in [0.2, 0.25) is 0 Å². The molecule has 3 unspecified atom stereocenters. The van der Waals surface area contributed by atoms with E-state index >= 15 is 0 Å². The van der Waals surface area contributed by atoms with E-state index < -0.39 is 51.1 Å². The first-order valence-corrected chi connectivity index (χ1v) is 23.2. The van der Waals surface area contributed by atoms with Gasteiger partial charge in [0, 0.05) is 12.8 Å². The Hall–Kier alpha value is -2.56. The van der Waals surface area contributed by atoms with Gasteiger partial charge in [-0.15, -0.1) is 0 Å². The number of phosphoric ester groups is 1. The number of rotatable bonds is 40. The first kappa shape index (κ1) is 53.4. The number of carbonyl (C=O) groups is 3. The lowest BCUT2D eigenvalue weighted by atomic mass is 10.0. The highest BCUT2D eigenvalue weighted by Gasteiger charge is 2.28. The van der Waals surface area contributed by atoms with Crippen LogP contribution >= 0.6 is 7.82 Å². The summed E-state index contributed by atoms with van der Waals surface area (Å²) in [5.41, 5.74) is 5.32. The Labute approximate surface area is 339 Å². The number of carboxylic acids is 1. The largest absolute Gasteiger partial charge is 0.480 e. The summed E-state index contributed by atoms with van der Waals surface area (Å²) in [7, 11) is -4.73. The first-order chi connectivity index (χ1) is 27.1. The Morgan fingerprint density at radius 3 is 1.46 bits per heavy atom. The standard InChI is InChI=1S/C44H78NO10P/c1-3-5-7-9-11-13-15-17-18-19-20-21-22-24-25-27-29-31-33-35-42(46)52-37-40(38-53-56(50,51)54-39-41(45)44(48)49)55-43(47)36-34-32-30-28-26-23-16-14-12-10-8-6-4-2/h6,8,12,14,23,26,30,32,40-41H,3-5,7,9-11,13,15-22,24-25,27-29,31,33-39,45H2,1-2H3,(H,48,49)(H,50,51)/b8-6-,14-12-,26-23-,32-30-. The molecule has 324 valence electrons. The van der Waals surface area contributed by atoms with Crippen LogP contribution in [0.4, 0.5) is 0 Å². The predicted molar refractivity (Wildman–Crippen MR) is 226 cm³/mol. The van der Waals surface area contributed by atoms with Crippen LogP contribution in [-0.2, 0) is 37.5 Å². The molecule has 0 spiro atoms. The second-order valence-electron chi connectivity index (χ2n) is 14.5. The molecular formula is C44H78NO10P. The minimum absolute atomic E-state index is 0.0405. The summed E-state index contributed by atoms with van der Waals surface area (Å²) in [5.74, 6) is -2.48. The Bertz CT molecular complexity index is 1140. The molecule has 0 fully saturated rings. The average Bonchev–Trinajstić information content (AvgIpc) is 3.17. The van der Waals surface area contributed by atoms with Gasteiger partial charge in [0.25, 0.3) is 0 Å². The van der Waals surface area contributed by atoms with Crippen molar-refractivity contribution in [1.29, 1.82) is 0 Å². The molecule has 0 rings (SSSR count). The molecule has 12 heteroatoms. The van der Waals surface area contributed by atoms with Crippen LogP contribution in [0, 0.1) is 0 Å². The fourth-order valence-corrected chi connectivity index (χ4v) is 6.50. The Morgan fingerprint density at radius 2 is 1.00 bits per heavy atom. The maximum atomic E-state index is 12.6. The van der Waals surface area contributed by atoms with Crippen LogP contribution in [0.3, 0.4) is 0 Å². The first-order valence-electron chi connectivity index (χ1n) is 21.7. The number of nitrogens with two attached hydrogens (primary N) is 1. The molecule has 0 bridgehead atoms. The second-order valence-corrected chi connectivity index (χ2v) is 15.9. The fraction of sp³-hybridized carbons (Fsp3) is 0.750. The summed E-state index contributed by atoms with van der Waals surface area (Å²) in [6.07, 6.45) is 43.5. The van der Waals surface area contributed by atoms with Crippen LogP contribution in [0.2, 0.25) is 0 Å². The highest BCUT2D eigenvalue weighted by molar-refractivity contribution is 7.47. The summed E-state index contributed by atoms with van der Waals surface area (Å²) < 4.78 is 32.6. The monoisotopic (exact) mass is 812 g/mol. The minimum atomic E-state index is -4.73. The van der Waals surface area contributed by atoms with E-state index in [0.29, 0.717) is 12.8 Å². The number of unbranched alkanes of at least 4 members (excludes halogenated alkanes) is 18. The van der Waals surface area contributed by atoms with Gasteiger partial charge in [0.15, 0.2) is 6.10 Å². The minimum Gasteiger partial charge on any atom is -0.480 e. The quantitative estimate of drug-likeness (QED) is 0.0233. The number of esters is 2. The van der Waals surface area contributed by atoms with Crippen LogP contribution in [0.1, 0.15) is 181 Å². The summed E-state index contributed by atoms with van der Waals surface area (Å²) in [6, 6.07) is -1.53. The number of phosphoric acid groups is 1. The molecule has 0 aromatic rings. The molecule has 0 saturated heterocycles. The molecule has 0 aliphatic heterocycles. The summed E-state index contributed by atoms with van der Waals surface area (Å²) in [5, 5.41) is 8.88. The zero-order valence-corrected chi connectivity index (χ0v) is 35.9. The molecule has 0 saturated carbocycles. The van der Waals surface area contributed by atoms with Crippen LogP contribution in [0.15, 0.2) is 48.6 Å². The van der Waals surface area contributed by atoms with Crippen molar-refractivity contribution in [1.82, 2.24) is 0 Å². The molecular weight excluding hydrogens is 733 g/mol. The number of hydrogen-bond acceptors (Lipinski definition) is 9. The second kappa shape index (κ2) is 39.3. The number of carbonyl (C=O) groups excluding carboxylic acids is 2. The van der Waals surface area contributed by atoms with E-state index in [2.05, 4.69) is 48.8 Å². The topological polar surface area (TPSA) is 172 Å². The van der Waals surface area contributed by atoms with Gasteiger partial charge in [-0.25, -0.2) is 4.57 Å². The Morgan fingerprint density at radius 1 is 0.571 bits per heavy atom. The predicted octanol–water partition coefficient (Wildman–Crippen LogP) is 11.4. The number of aliphatic carboxylic acids is 1. The van der Waals surface area contributed by atoms with E-state index in [0.717, 1.165) is 44.9 Å². The summed E-state index contributed by atoms with van der Waals surface area (Å²) in [6.45, 7) is 2.62. The van der Waals surface area contributed by atoms with Crippen LogP contribution < -0.4 is 5.73 Å². The smallest absolute Gasteiger partial charge is 0.472 e. The van der Waals surface area contributed by atoms with Crippen molar-refractivity contribution < 1.29 is 47.5 Å². The van der Waals surface area contributed by atoms with Crippen molar-refractivity contribution in [2.45, 2.75) is 193 Å². The molecule has 0 aromatic carbocycles. The van der Waals surface area contributed by atoms with Gasteiger partial charge < -0.3 is 25.2 Å². The van der Waals surface area contributed by atoms with Gasteiger partial charge in [-0.1, -0.05) is 178 Å². The third kappa shape index (κ3) is 38.3. The lowest BCUT2D eigenvalue weighted by Crippen LogP contribution is -2.34. The molecule has 0 heterocycles. The molecule has 11 nitrogen and oxygen atoms in total. The molecule has 4 N–H and O–H groups in total. The summed E-state index contributed by atoms with van der Waals surface area (Å²) >= 11 is 0. The number of ether oxygens (including phenoxy) is 2. The van der Waals surface area contributed by atoms with Crippen LogP contribution in [0.5, 0.6) is 0 Å². The van der Waals surface area contributed by atoms with Crippen LogP contribution in [-0.4, -0.2) is 59.9 Å². The third-order valence-electron chi connectivity index (χ3n) is 9.10.